The molecule has 0 aromatic rings. The normalized spacial score (nSPS) is 18.1. The first-order valence-corrected chi connectivity index (χ1v) is 5.52. The van der Waals surface area contributed by atoms with Crippen LogP contribution in [-0.4, -0.2) is 36.2 Å². The van der Waals surface area contributed by atoms with E-state index in [-0.39, 0.29) is 0 Å². The Bertz CT molecular complexity index is 233. The van der Waals surface area contributed by atoms with Crippen LogP contribution < -0.4 is 0 Å². The van der Waals surface area contributed by atoms with Crippen molar-refractivity contribution in [1.82, 2.24) is 4.90 Å². The third-order valence-corrected chi connectivity index (χ3v) is 3.09. The van der Waals surface area contributed by atoms with Crippen LogP contribution in [0.25, 0.3) is 0 Å². The fourth-order valence-corrected chi connectivity index (χ4v) is 1.57. The molecule has 0 atom stereocenters. The van der Waals surface area contributed by atoms with Gasteiger partial charge in [0, 0.05) is 6.54 Å². The van der Waals surface area contributed by atoms with Crippen molar-refractivity contribution in [2.75, 3.05) is 20.6 Å². The zero-order valence-electron chi connectivity index (χ0n) is 11.0. The van der Waals surface area contributed by atoms with Gasteiger partial charge in [-0.25, -0.2) is 0 Å². The smallest absolute Gasteiger partial charge is 0.107 e. The van der Waals surface area contributed by atoms with Crippen LogP contribution in [0, 0.1) is 0 Å². The molecule has 88 valence electrons. The second kappa shape index (κ2) is 6.09. The first-order chi connectivity index (χ1) is 6.88. The van der Waals surface area contributed by atoms with E-state index in [1.165, 1.54) is 0 Å². The Kier molecular flexibility index (Phi) is 5.84. The molecule has 0 aliphatic heterocycles. The summed E-state index contributed by atoms with van der Waals surface area (Å²) >= 11 is 0. The van der Waals surface area contributed by atoms with E-state index in [4.69, 9.17) is 0 Å². The van der Waals surface area contributed by atoms with Gasteiger partial charge in [0.15, 0.2) is 0 Å². The van der Waals surface area contributed by atoms with Crippen molar-refractivity contribution in [2.45, 2.75) is 39.7 Å². The monoisotopic (exact) mass is 211 g/mol. The lowest BCUT2D eigenvalue weighted by Crippen LogP contribution is -2.35. The molecule has 0 aliphatic rings. The molecule has 0 fully saturated rings. The van der Waals surface area contributed by atoms with Gasteiger partial charge in [0.05, 0.1) is 0 Å². The molecule has 2 nitrogen and oxygen atoms in total. The number of rotatable bonds is 5. The van der Waals surface area contributed by atoms with Crippen LogP contribution in [0.5, 0.6) is 0 Å². The van der Waals surface area contributed by atoms with E-state index < -0.39 is 5.60 Å². The highest BCUT2D eigenvalue weighted by Crippen LogP contribution is 2.29. The lowest BCUT2D eigenvalue weighted by atomic mass is 9.84. The first kappa shape index (κ1) is 14.4. The van der Waals surface area contributed by atoms with E-state index >= 15 is 0 Å². The molecule has 15 heavy (non-hydrogen) atoms. The largest absolute Gasteiger partial charge is 0.381 e. The SMILES string of the molecule is CC=C(C)C(O)(CCN(C)C)C(C)=CC. The third kappa shape index (κ3) is 3.80. The van der Waals surface area contributed by atoms with Crippen LogP contribution in [0.2, 0.25) is 0 Å². The maximum absolute atomic E-state index is 10.6. The molecule has 0 saturated heterocycles. The number of hydrogen-bond acceptors (Lipinski definition) is 2. The summed E-state index contributed by atoms with van der Waals surface area (Å²) in [5, 5.41) is 10.6. The number of aliphatic hydroxyl groups is 1. The molecule has 0 aliphatic carbocycles. The van der Waals surface area contributed by atoms with E-state index in [0.29, 0.717) is 0 Å². The Hall–Kier alpha value is -0.600. The number of hydrogen-bond donors (Lipinski definition) is 1. The second-order valence-corrected chi connectivity index (χ2v) is 4.36. The van der Waals surface area contributed by atoms with E-state index in [9.17, 15) is 5.11 Å². The van der Waals surface area contributed by atoms with Gasteiger partial charge in [0.1, 0.15) is 5.60 Å². The summed E-state index contributed by atoms with van der Waals surface area (Å²) in [5.41, 5.74) is 1.29. The van der Waals surface area contributed by atoms with Gasteiger partial charge in [-0.05, 0) is 59.4 Å². The van der Waals surface area contributed by atoms with Crippen LogP contribution in [0.1, 0.15) is 34.1 Å². The van der Waals surface area contributed by atoms with Crippen LogP contribution in [0.3, 0.4) is 0 Å². The van der Waals surface area contributed by atoms with Crippen LogP contribution >= 0.6 is 0 Å². The van der Waals surface area contributed by atoms with Crippen molar-refractivity contribution in [1.29, 1.82) is 0 Å². The molecule has 0 amide bonds. The maximum atomic E-state index is 10.6. The minimum absolute atomic E-state index is 0.742. The molecule has 0 bridgehead atoms. The van der Waals surface area contributed by atoms with Crippen molar-refractivity contribution in [2.24, 2.45) is 0 Å². The molecule has 0 heterocycles. The van der Waals surface area contributed by atoms with E-state index in [0.717, 1.165) is 24.1 Å². The van der Waals surface area contributed by atoms with Gasteiger partial charge >= 0.3 is 0 Å². The molecule has 0 saturated carbocycles. The van der Waals surface area contributed by atoms with Gasteiger partial charge < -0.3 is 10.0 Å². The Morgan fingerprint density at radius 2 is 1.53 bits per heavy atom. The molecule has 1 N–H and O–H groups in total. The summed E-state index contributed by atoms with van der Waals surface area (Å²) in [7, 11) is 4.05. The topological polar surface area (TPSA) is 23.5 Å². The molecular formula is C13H25NO. The Labute approximate surface area is 94.3 Å². The first-order valence-electron chi connectivity index (χ1n) is 5.52. The maximum Gasteiger partial charge on any atom is 0.107 e. The molecule has 2 heteroatoms. The van der Waals surface area contributed by atoms with Crippen LogP contribution in [-0.2, 0) is 0 Å². The van der Waals surface area contributed by atoms with Gasteiger partial charge in [-0.3, -0.25) is 0 Å². The number of nitrogens with zero attached hydrogens (tertiary/aromatic N) is 1. The van der Waals surface area contributed by atoms with Crippen molar-refractivity contribution >= 4 is 0 Å². The van der Waals surface area contributed by atoms with Crippen molar-refractivity contribution < 1.29 is 5.11 Å². The quantitative estimate of drug-likeness (QED) is 0.707. The molecule has 0 spiro atoms. The lowest BCUT2D eigenvalue weighted by Gasteiger charge is -2.31. The Morgan fingerprint density at radius 1 is 1.13 bits per heavy atom. The van der Waals surface area contributed by atoms with Crippen molar-refractivity contribution in [3.05, 3.63) is 23.3 Å². The zero-order valence-corrected chi connectivity index (χ0v) is 11.0. The van der Waals surface area contributed by atoms with Crippen LogP contribution in [0.4, 0.5) is 0 Å². The van der Waals surface area contributed by atoms with Crippen molar-refractivity contribution in [3.63, 3.8) is 0 Å². The summed E-state index contributed by atoms with van der Waals surface area (Å²) in [6, 6.07) is 0. The molecule has 0 unspecified atom stereocenters. The van der Waals surface area contributed by atoms with Gasteiger partial charge in [-0.1, -0.05) is 12.2 Å². The highest BCUT2D eigenvalue weighted by Gasteiger charge is 2.29. The minimum atomic E-state index is -0.770. The van der Waals surface area contributed by atoms with Crippen LogP contribution in [0.15, 0.2) is 23.3 Å². The minimum Gasteiger partial charge on any atom is -0.381 e. The fraction of sp³-hybridized carbons (Fsp3) is 0.692. The van der Waals surface area contributed by atoms with Gasteiger partial charge in [0.25, 0.3) is 0 Å². The molecule has 0 radical (unpaired) electrons. The van der Waals surface area contributed by atoms with Crippen molar-refractivity contribution in [3.8, 4) is 0 Å². The van der Waals surface area contributed by atoms with E-state index in [1.54, 1.807) is 0 Å². The Balaban J connectivity index is 4.88. The summed E-state index contributed by atoms with van der Waals surface area (Å²) in [4.78, 5) is 2.09. The number of allylic oxidation sites excluding steroid dienone is 2. The second-order valence-electron chi connectivity index (χ2n) is 4.36. The third-order valence-electron chi connectivity index (χ3n) is 3.09. The molecule has 0 aromatic heterocycles. The van der Waals surface area contributed by atoms with Gasteiger partial charge in [0.2, 0.25) is 0 Å². The predicted octanol–water partition coefficient (Wildman–Crippen LogP) is 2.60. The highest BCUT2D eigenvalue weighted by atomic mass is 16.3. The van der Waals surface area contributed by atoms with Gasteiger partial charge in [-0.15, -0.1) is 0 Å². The summed E-state index contributed by atoms with van der Waals surface area (Å²) in [5.74, 6) is 0. The average molecular weight is 211 g/mol. The summed E-state index contributed by atoms with van der Waals surface area (Å²) < 4.78 is 0. The highest BCUT2D eigenvalue weighted by molar-refractivity contribution is 5.29. The van der Waals surface area contributed by atoms with Gasteiger partial charge in [-0.2, -0.15) is 0 Å². The molecular weight excluding hydrogens is 186 g/mol. The molecule has 0 aromatic carbocycles. The van der Waals surface area contributed by atoms with E-state index in [2.05, 4.69) is 4.90 Å². The fourth-order valence-electron chi connectivity index (χ4n) is 1.57. The Morgan fingerprint density at radius 3 is 1.80 bits per heavy atom. The summed E-state index contributed by atoms with van der Waals surface area (Å²) in [6.07, 6.45) is 4.72. The lowest BCUT2D eigenvalue weighted by molar-refractivity contribution is 0.0969. The molecule has 0 rings (SSSR count). The zero-order chi connectivity index (χ0) is 12.1. The van der Waals surface area contributed by atoms with E-state index in [1.807, 2.05) is 53.9 Å². The average Bonchev–Trinajstić information content (AvgIpc) is 2.23. The standard InChI is InChI=1S/C13H25NO/c1-7-11(3)13(15,12(4)8-2)9-10-14(5)6/h7-8,15H,9-10H2,1-6H3. The predicted molar refractivity (Wildman–Crippen MR) is 67.0 cm³/mol. The summed E-state index contributed by atoms with van der Waals surface area (Å²) in [6.45, 7) is 8.80.